The second kappa shape index (κ2) is 7.35. The van der Waals surface area contributed by atoms with Crippen LogP contribution < -0.4 is 0 Å². The summed E-state index contributed by atoms with van der Waals surface area (Å²) in [4.78, 5) is 0. The predicted molar refractivity (Wildman–Crippen MR) is 73.6 cm³/mol. The van der Waals surface area contributed by atoms with Crippen molar-refractivity contribution in [1.29, 1.82) is 0 Å². The third-order valence-corrected chi connectivity index (χ3v) is 4.55. The van der Waals surface area contributed by atoms with Gasteiger partial charge in [0.2, 0.25) is 0 Å². The van der Waals surface area contributed by atoms with Crippen molar-refractivity contribution in [3.63, 3.8) is 0 Å². The normalized spacial score (nSPS) is 32.4. The summed E-state index contributed by atoms with van der Waals surface area (Å²) >= 11 is 0. The van der Waals surface area contributed by atoms with E-state index in [2.05, 4.69) is 27.7 Å². The molecular weight excluding hydrogens is 192 g/mol. The predicted octanol–water partition coefficient (Wildman–Crippen LogP) is 5.67. The van der Waals surface area contributed by atoms with Gasteiger partial charge in [0.25, 0.3) is 0 Å². The Hall–Kier alpha value is 0. The molecule has 1 saturated carbocycles. The van der Waals surface area contributed by atoms with E-state index >= 15 is 0 Å². The lowest BCUT2D eigenvalue weighted by atomic mass is 9.77. The first-order valence-corrected chi connectivity index (χ1v) is 7.59. The number of hydrogen-bond acceptors (Lipinski definition) is 0. The maximum atomic E-state index is 2.50. The monoisotopic (exact) mass is 224 g/mol. The van der Waals surface area contributed by atoms with Crippen LogP contribution in [-0.2, 0) is 0 Å². The van der Waals surface area contributed by atoms with Gasteiger partial charge >= 0.3 is 0 Å². The van der Waals surface area contributed by atoms with Gasteiger partial charge in [-0.05, 0) is 30.1 Å². The molecule has 0 aromatic rings. The Morgan fingerprint density at radius 1 is 1.00 bits per heavy atom. The molecule has 3 atom stereocenters. The lowest BCUT2D eigenvalue weighted by Gasteiger charge is -2.28. The maximum Gasteiger partial charge on any atom is -0.0388 e. The van der Waals surface area contributed by atoms with Crippen LogP contribution in [0.1, 0.15) is 79.1 Å². The smallest absolute Gasteiger partial charge is 0.0388 e. The van der Waals surface area contributed by atoms with Crippen molar-refractivity contribution in [1.82, 2.24) is 0 Å². The second-order valence-corrected chi connectivity index (χ2v) is 6.68. The zero-order chi connectivity index (χ0) is 12.0. The Balaban J connectivity index is 2.29. The van der Waals surface area contributed by atoms with E-state index in [1.807, 2.05) is 0 Å². The molecule has 1 rings (SSSR count). The van der Waals surface area contributed by atoms with E-state index in [9.17, 15) is 0 Å². The van der Waals surface area contributed by atoms with Gasteiger partial charge in [0, 0.05) is 0 Å². The second-order valence-electron chi connectivity index (χ2n) is 6.68. The van der Waals surface area contributed by atoms with Crippen LogP contribution in [0.25, 0.3) is 0 Å². The molecule has 0 aromatic heterocycles. The molecule has 0 aliphatic heterocycles. The first-order chi connectivity index (χ1) is 7.59. The molecule has 0 nitrogen and oxygen atoms in total. The molecule has 0 heterocycles. The van der Waals surface area contributed by atoms with Crippen LogP contribution in [-0.4, -0.2) is 0 Å². The summed E-state index contributed by atoms with van der Waals surface area (Å²) in [5.74, 6) is 3.89. The highest BCUT2D eigenvalue weighted by Crippen LogP contribution is 2.33. The molecule has 0 bridgehead atoms. The highest BCUT2D eigenvalue weighted by Gasteiger charge is 2.20. The summed E-state index contributed by atoms with van der Waals surface area (Å²) in [6.45, 7) is 9.64. The van der Waals surface area contributed by atoms with Crippen molar-refractivity contribution in [3.05, 3.63) is 0 Å². The summed E-state index contributed by atoms with van der Waals surface area (Å²) < 4.78 is 0. The van der Waals surface area contributed by atoms with Crippen LogP contribution in [0.3, 0.4) is 0 Å². The molecule has 0 aromatic carbocycles. The summed E-state index contributed by atoms with van der Waals surface area (Å²) in [6.07, 6.45) is 11.8. The average Bonchev–Trinajstić information content (AvgIpc) is 2.20. The Bertz CT molecular complexity index is 171. The zero-order valence-corrected chi connectivity index (χ0v) is 12.0. The van der Waals surface area contributed by atoms with Gasteiger partial charge < -0.3 is 0 Å². The van der Waals surface area contributed by atoms with Gasteiger partial charge in [-0.3, -0.25) is 0 Å². The fourth-order valence-corrected chi connectivity index (χ4v) is 3.17. The molecule has 1 aliphatic rings. The summed E-state index contributed by atoms with van der Waals surface area (Å²) in [5, 5.41) is 0. The van der Waals surface area contributed by atoms with E-state index in [0.29, 0.717) is 0 Å². The van der Waals surface area contributed by atoms with Gasteiger partial charge in [-0.1, -0.05) is 72.6 Å². The van der Waals surface area contributed by atoms with Crippen LogP contribution in [0.2, 0.25) is 0 Å². The van der Waals surface area contributed by atoms with Crippen LogP contribution >= 0.6 is 0 Å². The first kappa shape index (κ1) is 14.1. The lowest BCUT2D eigenvalue weighted by Crippen LogP contribution is -2.16. The van der Waals surface area contributed by atoms with Crippen LogP contribution in [0.4, 0.5) is 0 Å². The van der Waals surface area contributed by atoms with Crippen molar-refractivity contribution < 1.29 is 0 Å². The molecule has 16 heavy (non-hydrogen) atoms. The van der Waals surface area contributed by atoms with E-state index in [1.54, 1.807) is 0 Å². The van der Waals surface area contributed by atoms with Crippen molar-refractivity contribution in [2.24, 2.45) is 23.7 Å². The molecule has 0 spiro atoms. The molecule has 1 fully saturated rings. The molecule has 96 valence electrons. The molecule has 0 heteroatoms. The zero-order valence-electron chi connectivity index (χ0n) is 12.0. The van der Waals surface area contributed by atoms with E-state index in [1.165, 1.54) is 51.4 Å². The molecule has 0 amide bonds. The van der Waals surface area contributed by atoms with E-state index in [-0.39, 0.29) is 0 Å². The molecule has 0 N–H and O–H groups in total. The number of hydrogen-bond donors (Lipinski definition) is 0. The van der Waals surface area contributed by atoms with Gasteiger partial charge in [-0.2, -0.15) is 0 Å². The van der Waals surface area contributed by atoms with Gasteiger partial charge in [0.15, 0.2) is 0 Å². The van der Waals surface area contributed by atoms with Crippen LogP contribution in [0, 0.1) is 23.7 Å². The highest BCUT2D eigenvalue weighted by atomic mass is 14.3. The van der Waals surface area contributed by atoms with Gasteiger partial charge in [-0.15, -0.1) is 0 Å². The fraction of sp³-hybridized carbons (Fsp3) is 1.00. The number of rotatable bonds is 4. The minimum absolute atomic E-state index is 0.891. The van der Waals surface area contributed by atoms with Gasteiger partial charge in [-0.25, -0.2) is 0 Å². The minimum Gasteiger partial charge on any atom is -0.0628 e. The lowest BCUT2D eigenvalue weighted by molar-refractivity contribution is 0.232. The van der Waals surface area contributed by atoms with Crippen molar-refractivity contribution >= 4 is 0 Å². The Morgan fingerprint density at radius 3 is 2.44 bits per heavy atom. The molecule has 3 unspecified atom stereocenters. The third kappa shape index (κ3) is 5.37. The molecule has 0 radical (unpaired) electrons. The summed E-state index contributed by atoms with van der Waals surface area (Å²) in [5.41, 5.74) is 0. The molecule has 1 aliphatic carbocycles. The standard InChI is InChI=1S/C16H32/c1-13(2)7-5-10-16-12-11-14(3)8-6-9-15(16)4/h13-16H,5-12H2,1-4H3. The summed E-state index contributed by atoms with van der Waals surface area (Å²) in [7, 11) is 0. The third-order valence-electron chi connectivity index (χ3n) is 4.55. The first-order valence-electron chi connectivity index (χ1n) is 7.59. The minimum atomic E-state index is 0.891. The highest BCUT2D eigenvalue weighted by molar-refractivity contribution is 4.72. The Labute approximate surface area is 103 Å². The molecule has 0 saturated heterocycles. The topological polar surface area (TPSA) is 0 Å². The average molecular weight is 224 g/mol. The van der Waals surface area contributed by atoms with Crippen LogP contribution in [0.5, 0.6) is 0 Å². The molecular formula is C16H32. The van der Waals surface area contributed by atoms with Gasteiger partial charge in [0.1, 0.15) is 0 Å². The largest absolute Gasteiger partial charge is 0.0628 e. The Kier molecular flexibility index (Phi) is 6.46. The maximum absolute atomic E-state index is 2.50. The quantitative estimate of drug-likeness (QED) is 0.577. The van der Waals surface area contributed by atoms with Crippen molar-refractivity contribution in [3.8, 4) is 0 Å². The van der Waals surface area contributed by atoms with Gasteiger partial charge in [0.05, 0.1) is 0 Å². The SMILES string of the molecule is CC(C)CCCC1CCC(C)CCCC1C. The Morgan fingerprint density at radius 2 is 1.75 bits per heavy atom. The van der Waals surface area contributed by atoms with E-state index < -0.39 is 0 Å². The van der Waals surface area contributed by atoms with Crippen LogP contribution in [0.15, 0.2) is 0 Å². The summed E-state index contributed by atoms with van der Waals surface area (Å²) in [6, 6.07) is 0. The van der Waals surface area contributed by atoms with Crippen molar-refractivity contribution in [2.45, 2.75) is 79.1 Å². The van der Waals surface area contributed by atoms with E-state index in [0.717, 1.165) is 23.7 Å². The van der Waals surface area contributed by atoms with Crippen molar-refractivity contribution in [2.75, 3.05) is 0 Å². The fourth-order valence-electron chi connectivity index (χ4n) is 3.17. The van der Waals surface area contributed by atoms with E-state index in [4.69, 9.17) is 0 Å².